The molecule has 1 aliphatic heterocycles. The van der Waals surface area contributed by atoms with Crippen molar-refractivity contribution in [2.24, 2.45) is 0 Å². The molecule has 1 aliphatic rings. The average molecular weight is 371 g/mol. The van der Waals surface area contributed by atoms with E-state index in [0.717, 1.165) is 15.7 Å². The molecule has 1 fully saturated rings. The van der Waals surface area contributed by atoms with Crippen LogP contribution in [0, 0.1) is 0 Å². The predicted octanol–water partition coefficient (Wildman–Crippen LogP) is 3.74. The molecule has 1 aromatic rings. The SMILES string of the molecule is CCN1C(=O)/C(=C/c2ccc(N(C)C)c(Br)c2)SC1=S. The summed E-state index contributed by atoms with van der Waals surface area (Å²) in [4.78, 5) is 16.5. The molecule has 0 unspecified atom stereocenters. The maximum absolute atomic E-state index is 12.1. The van der Waals surface area contributed by atoms with Crippen molar-refractivity contribution < 1.29 is 4.79 Å². The van der Waals surface area contributed by atoms with E-state index in [0.29, 0.717) is 15.8 Å². The number of carbonyl (C=O) groups is 1. The topological polar surface area (TPSA) is 23.6 Å². The summed E-state index contributed by atoms with van der Waals surface area (Å²) in [7, 11) is 3.98. The standard InChI is InChI=1S/C14H15BrN2OS2/c1-4-17-13(18)12(20-14(17)19)8-9-5-6-11(16(2)3)10(15)7-9/h5-8H,4H2,1-3H3/b12-8-. The summed E-state index contributed by atoms with van der Waals surface area (Å²) >= 11 is 10.1. The Hall–Kier alpha value is -0.850. The Kier molecular flexibility index (Phi) is 4.88. The van der Waals surface area contributed by atoms with Gasteiger partial charge in [-0.2, -0.15) is 0 Å². The number of thiocarbonyl (C=S) groups is 1. The second kappa shape index (κ2) is 6.28. The van der Waals surface area contributed by atoms with Gasteiger partial charge in [0.15, 0.2) is 0 Å². The lowest BCUT2D eigenvalue weighted by Crippen LogP contribution is -2.27. The minimum Gasteiger partial charge on any atom is -0.377 e. The predicted molar refractivity (Wildman–Crippen MR) is 94.0 cm³/mol. The minimum atomic E-state index is -0.00434. The van der Waals surface area contributed by atoms with Crippen molar-refractivity contribution in [2.75, 3.05) is 25.5 Å². The van der Waals surface area contributed by atoms with Gasteiger partial charge in [-0.3, -0.25) is 9.69 Å². The smallest absolute Gasteiger partial charge is 0.266 e. The third kappa shape index (κ3) is 3.07. The molecule has 0 aliphatic carbocycles. The monoisotopic (exact) mass is 370 g/mol. The van der Waals surface area contributed by atoms with Gasteiger partial charge in [0, 0.05) is 25.1 Å². The van der Waals surface area contributed by atoms with Crippen molar-refractivity contribution in [3.8, 4) is 0 Å². The van der Waals surface area contributed by atoms with Crippen LogP contribution in [0.2, 0.25) is 0 Å². The first-order chi connectivity index (χ1) is 9.43. The maximum Gasteiger partial charge on any atom is 0.266 e. The van der Waals surface area contributed by atoms with Gasteiger partial charge in [-0.15, -0.1) is 0 Å². The van der Waals surface area contributed by atoms with Gasteiger partial charge in [0.2, 0.25) is 0 Å². The molecular formula is C14H15BrN2OS2. The number of benzene rings is 1. The Bertz CT molecular complexity index is 599. The van der Waals surface area contributed by atoms with E-state index in [1.165, 1.54) is 11.8 Å². The van der Waals surface area contributed by atoms with Crippen LogP contribution in [-0.2, 0) is 4.79 Å². The summed E-state index contributed by atoms with van der Waals surface area (Å²) in [5.74, 6) is -0.00434. The molecule has 20 heavy (non-hydrogen) atoms. The van der Waals surface area contributed by atoms with Gasteiger partial charge in [-0.25, -0.2) is 0 Å². The zero-order chi connectivity index (χ0) is 14.9. The van der Waals surface area contributed by atoms with Crippen molar-refractivity contribution in [1.29, 1.82) is 0 Å². The van der Waals surface area contributed by atoms with E-state index in [2.05, 4.69) is 15.9 Å². The molecule has 0 saturated carbocycles. The first-order valence-corrected chi connectivity index (χ1v) is 8.18. The lowest BCUT2D eigenvalue weighted by Gasteiger charge is -2.14. The average Bonchev–Trinajstić information content (AvgIpc) is 2.63. The molecule has 1 amide bonds. The van der Waals surface area contributed by atoms with Gasteiger partial charge >= 0.3 is 0 Å². The molecule has 0 bridgehead atoms. The van der Waals surface area contributed by atoms with Gasteiger partial charge in [-0.1, -0.05) is 30.0 Å². The fourth-order valence-corrected chi connectivity index (χ4v) is 4.03. The minimum absolute atomic E-state index is 0.00434. The number of hydrogen-bond donors (Lipinski definition) is 0. The van der Waals surface area contributed by atoms with Crippen LogP contribution in [0.5, 0.6) is 0 Å². The Morgan fingerprint density at radius 2 is 2.15 bits per heavy atom. The number of carbonyl (C=O) groups excluding carboxylic acids is 1. The highest BCUT2D eigenvalue weighted by Gasteiger charge is 2.30. The zero-order valence-corrected chi connectivity index (χ0v) is 14.7. The van der Waals surface area contributed by atoms with E-state index >= 15 is 0 Å². The van der Waals surface area contributed by atoms with Crippen LogP contribution in [-0.4, -0.2) is 35.8 Å². The van der Waals surface area contributed by atoms with Crippen LogP contribution in [0.15, 0.2) is 27.6 Å². The van der Waals surface area contributed by atoms with Crippen molar-refractivity contribution in [1.82, 2.24) is 4.90 Å². The zero-order valence-electron chi connectivity index (χ0n) is 11.5. The van der Waals surface area contributed by atoms with Crippen molar-refractivity contribution in [3.05, 3.63) is 33.1 Å². The van der Waals surface area contributed by atoms with Crippen LogP contribution in [0.25, 0.3) is 6.08 Å². The molecule has 0 aromatic heterocycles. The molecule has 2 rings (SSSR count). The van der Waals surface area contributed by atoms with E-state index in [1.807, 2.05) is 50.2 Å². The van der Waals surface area contributed by atoms with Crippen LogP contribution < -0.4 is 4.90 Å². The molecule has 1 saturated heterocycles. The van der Waals surface area contributed by atoms with Crippen molar-refractivity contribution in [3.63, 3.8) is 0 Å². The van der Waals surface area contributed by atoms with Crippen molar-refractivity contribution in [2.45, 2.75) is 6.92 Å². The number of thioether (sulfide) groups is 1. The molecule has 6 heteroatoms. The summed E-state index contributed by atoms with van der Waals surface area (Å²) in [5, 5.41) is 0. The Labute approximate surface area is 137 Å². The number of amides is 1. The maximum atomic E-state index is 12.1. The number of rotatable bonds is 3. The second-order valence-electron chi connectivity index (χ2n) is 4.53. The first-order valence-electron chi connectivity index (χ1n) is 6.16. The quantitative estimate of drug-likeness (QED) is 0.597. The molecule has 1 heterocycles. The number of halogens is 1. The number of anilines is 1. The van der Waals surface area contributed by atoms with Gasteiger partial charge in [0.25, 0.3) is 5.91 Å². The van der Waals surface area contributed by atoms with E-state index < -0.39 is 0 Å². The first kappa shape index (κ1) is 15.5. The Morgan fingerprint density at radius 3 is 2.65 bits per heavy atom. The van der Waals surface area contributed by atoms with Crippen LogP contribution in [0.1, 0.15) is 12.5 Å². The summed E-state index contributed by atoms with van der Waals surface area (Å²) in [6.07, 6.45) is 1.89. The second-order valence-corrected chi connectivity index (χ2v) is 7.06. The van der Waals surface area contributed by atoms with Gasteiger partial charge < -0.3 is 4.90 Å². The van der Waals surface area contributed by atoms with Gasteiger partial charge in [-0.05, 0) is 46.6 Å². The molecule has 3 nitrogen and oxygen atoms in total. The Balaban J connectivity index is 2.30. The summed E-state index contributed by atoms with van der Waals surface area (Å²) in [5.41, 5.74) is 2.09. The summed E-state index contributed by atoms with van der Waals surface area (Å²) in [6.45, 7) is 2.54. The molecule has 0 radical (unpaired) electrons. The fraction of sp³-hybridized carbons (Fsp3) is 0.286. The molecule has 0 spiro atoms. The summed E-state index contributed by atoms with van der Waals surface area (Å²) < 4.78 is 1.63. The highest BCUT2D eigenvalue weighted by atomic mass is 79.9. The molecule has 0 atom stereocenters. The lowest BCUT2D eigenvalue weighted by atomic mass is 10.2. The van der Waals surface area contributed by atoms with Gasteiger partial charge in [0.05, 0.1) is 10.6 Å². The molecular weight excluding hydrogens is 356 g/mol. The lowest BCUT2D eigenvalue weighted by molar-refractivity contribution is -0.121. The van der Waals surface area contributed by atoms with E-state index in [-0.39, 0.29) is 5.91 Å². The van der Waals surface area contributed by atoms with E-state index in [4.69, 9.17) is 12.2 Å². The van der Waals surface area contributed by atoms with Gasteiger partial charge in [0.1, 0.15) is 4.32 Å². The van der Waals surface area contributed by atoms with E-state index in [1.54, 1.807) is 4.90 Å². The summed E-state index contributed by atoms with van der Waals surface area (Å²) in [6, 6.07) is 6.03. The normalized spacial score (nSPS) is 17.2. The third-order valence-corrected chi connectivity index (χ3v) is 4.95. The highest BCUT2D eigenvalue weighted by molar-refractivity contribution is 9.10. The van der Waals surface area contributed by atoms with Crippen LogP contribution in [0.3, 0.4) is 0 Å². The number of likely N-dealkylation sites (N-methyl/N-ethyl adjacent to an activating group) is 1. The number of nitrogens with zero attached hydrogens (tertiary/aromatic N) is 2. The van der Waals surface area contributed by atoms with E-state index in [9.17, 15) is 4.79 Å². The molecule has 0 N–H and O–H groups in total. The Morgan fingerprint density at radius 1 is 1.45 bits per heavy atom. The molecule has 1 aromatic carbocycles. The van der Waals surface area contributed by atoms with Crippen molar-refractivity contribution >= 4 is 61.9 Å². The third-order valence-electron chi connectivity index (χ3n) is 2.94. The highest BCUT2D eigenvalue weighted by Crippen LogP contribution is 2.33. The fourth-order valence-electron chi connectivity index (χ4n) is 1.90. The molecule has 106 valence electrons. The largest absolute Gasteiger partial charge is 0.377 e. The van der Waals surface area contributed by atoms with Crippen LogP contribution in [0.4, 0.5) is 5.69 Å². The van der Waals surface area contributed by atoms with Crippen LogP contribution >= 0.6 is 39.9 Å². The number of hydrogen-bond acceptors (Lipinski definition) is 4.